The van der Waals surface area contributed by atoms with E-state index in [2.05, 4.69) is 0 Å². The number of ether oxygens (including phenoxy) is 1. The van der Waals surface area contributed by atoms with E-state index in [1.807, 2.05) is 32.0 Å². The zero-order chi connectivity index (χ0) is 12.1. The smallest absolute Gasteiger partial charge is 0.305 e. The number of hydrogen-bond donors (Lipinski definition) is 2. The van der Waals surface area contributed by atoms with Gasteiger partial charge in [0.15, 0.2) is 0 Å². The Balaban J connectivity index is 2.51. The van der Waals surface area contributed by atoms with Crippen LogP contribution in [-0.4, -0.2) is 23.7 Å². The van der Waals surface area contributed by atoms with Crippen molar-refractivity contribution in [2.45, 2.75) is 26.3 Å². The van der Waals surface area contributed by atoms with Crippen molar-refractivity contribution in [2.75, 3.05) is 6.61 Å². The molecule has 0 aliphatic carbocycles. The van der Waals surface area contributed by atoms with E-state index >= 15 is 0 Å². The van der Waals surface area contributed by atoms with Gasteiger partial charge in [-0.2, -0.15) is 0 Å². The third-order valence-corrected chi connectivity index (χ3v) is 2.10. The summed E-state index contributed by atoms with van der Waals surface area (Å²) in [5.41, 5.74) is 7.82. The molecule has 16 heavy (non-hydrogen) atoms. The number of aryl methyl sites for hydroxylation is 2. The van der Waals surface area contributed by atoms with Crippen LogP contribution in [-0.2, 0) is 4.79 Å². The van der Waals surface area contributed by atoms with E-state index in [9.17, 15) is 4.79 Å². The van der Waals surface area contributed by atoms with Gasteiger partial charge in [-0.3, -0.25) is 4.79 Å². The Kier molecular flexibility index (Phi) is 4.31. The average Bonchev–Trinajstić information content (AvgIpc) is 2.12. The lowest BCUT2D eigenvalue weighted by molar-refractivity contribution is -0.137. The fraction of sp³-hybridized carbons (Fsp3) is 0.417. The van der Waals surface area contributed by atoms with Crippen LogP contribution in [0.25, 0.3) is 0 Å². The van der Waals surface area contributed by atoms with Crippen LogP contribution < -0.4 is 10.5 Å². The van der Waals surface area contributed by atoms with E-state index < -0.39 is 12.0 Å². The molecule has 0 saturated heterocycles. The molecule has 0 aliphatic rings. The average molecular weight is 223 g/mol. The molecule has 0 spiro atoms. The number of carboxylic acids is 1. The molecule has 1 unspecified atom stereocenters. The third kappa shape index (κ3) is 4.31. The van der Waals surface area contributed by atoms with Crippen LogP contribution in [0, 0.1) is 13.8 Å². The summed E-state index contributed by atoms with van der Waals surface area (Å²) in [5.74, 6) is -0.171. The highest BCUT2D eigenvalue weighted by Gasteiger charge is 2.08. The summed E-state index contributed by atoms with van der Waals surface area (Å²) in [6.45, 7) is 4.18. The van der Waals surface area contributed by atoms with Crippen molar-refractivity contribution in [2.24, 2.45) is 5.73 Å². The molecule has 0 heterocycles. The Morgan fingerprint density at radius 2 is 1.94 bits per heavy atom. The zero-order valence-corrected chi connectivity index (χ0v) is 9.56. The van der Waals surface area contributed by atoms with E-state index in [0.717, 1.165) is 16.9 Å². The number of rotatable bonds is 5. The summed E-state index contributed by atoms with van der Waals surface area (Å²) in [7, 11) is 0. The molecule has 0 radical (unpaired) electrons. The second kappa shape index (κ2) is 5.51. The molecular formula is C12H17NO3. The lowest BCUT2D eigenvalue weighted by Crippen LogP contribution is -2.30. The molecule has 1 aromatic carbocycles. The van der Waals surface area contributed by atoms with Crippen molar-refractivity contribution in [3.63, 3.8) is 0 Å². The molecular weight excluding hydrogens is 206 g/mol. The lowest BCUT2D eigenvalue weighted by atomic mass is 10.1. The Morgan fingerprint density at radius 3 is 2.44 bits per heavy atom. The largest absolute Gasteiger partial charge is 0.492 e. The van der Waals surface area contributed by atoms with Crippen LogP contribution in [0.5, 0.6) is 5.75 Å². The maximum Gasteiger partial charge on any atom is 0.305 e. The molecule has 0 amide bonds. The summed E-state index contributed by atoms with van der Waals surface area (Å²) < 4.78 is 5.44. The SMILES string of the molecule is Cc1cc(C)cc(OCC(N)CC(=O)O)c1. The van der Waals surface area contributed by atoms with E-state index in [4.69, 9.17) is 15.6 Å². The van der Waals surface area contributed by atoms with E-state index in [0.29, 0.717) is 0 Å². The van der Waals surface area contributed by atoms with Crippen LogP contribution in [0.2, 0.25) is 0 Å². The predicted molar refractivity (Wildman–Crippen MR) is 61.6 cm³/mol. The maximum atomic E-state index is 10.4. The molecule has 1 atom stereocenters. The molecule has 88 valence electrons. The van der Waals surface area contributed by atoms with Crippen molar-refractivity contribution in [1.29, 1.82) is 0 Å². The molecule has 0 saturated carbocycles. The Morgan fingerprint density at radius 1 is 1.38 bits per heavy atom. The Labute approximate surface area is 95.0 Å². The van der Waals surface area contributed by atoms with Gasteiger partial charge >= 0.3 is 5.97 Å². The van der Waals surface area contributed by atoms with Crippen molar-refractivity contribution >= 4 is 5.97 Å². The normalized spacial score (nSPS) is 12.2. The minimum atomic E-state index is -0.906. The Hall–Kier alpha value is -1.55. The van der Waals surface area contributed by atoms with Gasteiger partial charge in [0.2, 0.25) is 0 Å². The van der Waals surface area contributed by atoms with Gasteiger partial charge in [0.25, 0.3) is 0 Å². The first-order chi connectivity index (χ1) is 7.47. The number of carboxylic acid groups (broad SMARTS) is 1. The van der Waals surface area contributed by atoms with Crippen molar-refractivity contribution in [3.8, 4) is 5.75 Å². The summed E-state index contributed by atoms with van der Waals surface area (Å²) in [4.78, 5) is 10.4. The summed E-state index contributed by atoms with van der Waals surface area (Å²) in [6.07, 6.45) is -0.0786. The summed E-state index contributed by atoms with van der Waals surface area (Å²) >= 11 is 0. The molecule has 0 aliphatic heterocycles. The van der Waals surface area contributed by atoms with Crippen LogP contribution in [0.1, 0.15) is 17.5 Å². The fourth-order valence-electron chi connectivity index (χ4n) is 1.50. The molecule has 1 aromatic rings. The van der Waals surface area contributed by atoms with Gasteiger partial charge in [-0.15, -0.1) is 0 Å². The van der Waals surface area contributed by atoms with E-state index in [1.165, 1.54) is 0 Å². The molecule has 3 N–H and O–H groups in total. The van der Waals surface area contributed by atoms with Crippen molar-refractivity contribution in [3.05, 3.63) is 29.3 Å². The first-order valence-corrected chi connectivity index (χ1v) is 5.16. The van der Waals surface area contributed by atoms with Crippen LogP contribution in [0.4, 0.5) is 0 Å². The van der Waals surface area contributed by atoms with Gasteiger partial charge < -0.3 is 15.6 Å². The molecule has 0 aromatic heterocycles. The molecule has 4 nitrogen and oxygen atoms in total. The maximum absolute atomic E-state index is 10.4. The number of aliphatic carboxylic acids is 1. The van der Waals surface area contributed by atoms with Crippen LogP contribution in [0.3, 0.4) is 0 Å². The molecule has 0 fully saturated rings. The molecule has 4 heteroatoms. The minimum Gasteiger partial charge on any atom is -0.492 e. The molecule has 0 bridgehead atoms. The second-order valence-corrected chi connectivity index (χ2v) is 3.99. The van der Waals surface area contributed by atoms with E-state index in [1.54, 1.807) is 0 Å². The predicted octanol–water partition coefficient (Wildman–Crippen LogP) is 1.48. The van der Waals surface area contributed by atoms with Gasteiger partial charge in [0, 0.05) is 6.04 Å². The first-order valence-electron chi connectivity index (χ1n) is 5.16. The van der Waals surface area contributed by atoms with E-state index in [-0.39, 0.29) is 13.0 Å². The van der Waals surface area contributed by atoms with Gasteiger partial charge in [-0.05, 0) is 37.1 Å². The zero-order valence-electron chi connectivity index (χ0n) is 9.56. The topological polar surface area (TPSA) is 72.5 Å². The molecule has 1 rings (SSSR count). The van der Waals surface area contributed by atoms with Gasteiger partial charge in [-0.1, -0.05) is 6.07 Å². The fourth-order valence-corrected chi connectivity index (χ4v) is 1.50. The van der Waals surface area contributed by atoms with Gasteiger partial charge in [-0.25, -0.2) is 0 Å². The van der Waals surface area contributed by atoms with Crippen LogP contribution in [0.15, 0.2) is 18.2 Å². The quantitative estimate of drug-likeness (QED) is 0.793. The highest BCUT2D eigenvalue weighted by Crippen LogP contribution is 2.16. The number of carbonyl (C=O) groups is 1. The summed E-state index contributed by atoms with van der Waals surface area (Å²) in [6, 6.07) is 5.38. The van der Waals surface area contributed by atoms with Gasteiger partial charge in [0.05, 0.1) is 6.42 Å². The minimum absolute atomic E-state index is 0.0786. The number of hydrogen-bond acceptors (Lipinski definition) is 3. The lowest BCUT2D eigenvalue weighted by Gasteiger charge is -2.12. The highest BCUT2D eigenvalue weighted by atomic mass is 16.5. The van der Waals surface area contributed by atoms with Crippen molar-refractivity contribution < 1.29 is 14.6 Å². The third-order valence-electron chi connectivity index (χ3n) is 2.10. The standard InChI is InChI=1S/C12H17NO3/c1-8-3-9(2)5-11(4-8)16-7-10(13)6-12(14)15/h3-5,10H,6-7,13H2,1-2H3,(H,14,15). The van der Waals surface area contributed by atoms with Gasteiger partial charge in [0.1, 0.15) is 12.4 Å². The summed E-state index contributed by atoms with van der Waals surface area (Å²) in [5, 5.41) is 8.53. The monoisotopic (exact) mass is 223 g/mol. The number of benzene rings is 1. The highest BCUT2D eigenvalue weighted by molar-refractivity contribution is 5.67. The second-order valence-electron chi connectivity index (χ2n) is 3.99. The number of nitrogens with two attached hydrogens (primary N) is 1. The van der Waals surface area contributed by atoms with Crippen molar-refractivity contribution in [1.82, 2.24) is 0 Å². The first kappa shape index (κ1) is 12.5. The Bertz CT molecular complexity index is 356. The van der Waals surface area contributed by atoms with Crippen LogP contribution >= 0.6 is 0 Å².